The summed E-state index contributed by atoms with van der Waals surface area (Å²) >= 11 is 0. The van der Waals surface area contributed by atoms with Crippen molar-refractivity contribution in [1.82, 2.24) is 5.32 Å². The molecule has 1 aliphatic heterocycles. The van der Waals surface area contributed by atoms with Crippen molar-refractivity contribution in [1.29, 1.82) is 0 Å². The van der Waals surface area contributed by atoms with Gasteiger partial charge in [-0.25, -0.2) is 0 Å². The lowest BCUT2D eigenvalue weighted by molar-refractivity contribution is -0.140. The molecule has 0 spiro atoms. The Kier molecular flexibility index (Phi) is 7.26. The maximum atomic E-state index is 12.1. The number of ether oxygens (including phenoxy) is 1. The third kappa shape index (κ3) is 5.68. The van der Waals surface area contributed by atoms with E-state index in [1.165, 1.54) is 7.11 Å². The molecular formula is C18H24N2O4. The molecule has 1 aliphatic rings. The van der Waals surface area contributed by atoms with Gasteiger partial charge in [0.2, 0.25) is 0 Å². The van der Waals surface area contributed by atoms with Crippen LogP contribution in [-0.2, 0) is 19.2 Å². The molecule has 6 heteroatoms. The Hall–Kier alpha value is -2.37. The SMILES string of the molecule is COC(=O)CCCCCCNC(=O)C1=NO[C@H](c2ccccc2)C1. The van der Waals surface area contributed by atoms with E-state index in [1.54, 1.807) is 0 Å². The summed E-state index contributed by atoms with van der Waals surface area (Å²) in [6.45, 7) is 0.603. The van der Waals surface area contributed by atoms with Gasteiger partial charge in [0.15, 0.2) is 6.10 Å². The molecule has 0 unspecified atom stereocenters. The van der Waals surface area contributed by atoms with Gasteiger partial charge in [0.05, 0.1) is 7.11 Å². The third-order valence-electron chi connectivity index (χ3n) is 3.92. The highest BCUT2D eigenvalue weighted by molar-refractivity contribution is 6.39. The Labute approximate surface area is 142 Å². The van der Waals surface area contributed by atoms with E-state index in [9.17, 15) is 9.59 Å². The molecule has 1 N–H and O–H groups in total. The molecule has 0 saturated carbocycles. The van der Waals surface area contributed by atoms with Crippen LogP contribution in [-0.4, -0.2) is 31.2 Å². The summed E-state index contributed by atoms with van der Waals surface area (Å²) in [5.74, 6) is -0.335. The molecule has 0 aliphatic carbocycles. The quantitative estimate of drug-likeness (QED) is 0.557. The predicted molar refractivity (Wildman–Crippen MR) is 90.4 cm³/mol. The van der Waals surface area contributed by atoms with Crippen molar-refractivity contribution in [2.75, 3.05) is 13.7 Å². The van der Waals surface area contributed by atoms with Gasteiger partial charge in [-0.3, -0.25) is 9.59 Å². The fourth-order valence-electron chi connectivity index (χ4n) is 2.51. The van der Waals surface area contributed by atoms with Crippen LogP contribution in [0, 0.1) is 0 Å². The van der Waals surface area contributed by atoms with Crippen LogP contribution in [0.5, 0.6) is 0 Å². The number of unbranched alkanes of at least 4 members (excludes halogenated alkanes) is 3. The molecule has 1 amide bonds. The molecule has 0 radical (unpaired) electrons. The van der Waals surface area contributed by atoms with Gasteiger partial charge in [0, 0.05) is 19.4 Å². The Bertz CT molecular complexity index is 572. The number of nitrogens with zero attached hydrogens (tertiary/aromatic N) is 1. The van der Waals surface area contributed by atoms with Gasteiger partial charge in [-0.15, -0.1) is 0 Å². The first-order valence-electron chi connectivity index (χ1n) is 8.33. The molecule has 0 aromatic heterocycles. The van der Waals surface area contributed by atoms with E-state index in [1.807, 2.05) is 30.3 Å². The van der Waals surface area contributed by atoms with Crippen molar-refractivity contribution < 1.29 is 19.2 Å². The van der Waals surface area contributed by atoms with Gasteiger partial charge in [0.1, 0.15) is 5.71 Å². The predicted octanol–water partition coefficient (Wildman–Crippen LogP) is 2.74. The summed E-state index contributed by atoms with van der Waals surface area (Å²) < 4.78 is 4.59. The van der Waals surface area contributed by atoms with Crippen LogP contribution in [0.3, 0.4) is 0 Å². The van der Waals surface area contributed by atoms with Crippen molar-refractivity contribution in [3.05, 3.63) is 35.9 Å². The number of carbonyl (C=O) groups excluding carboxylic acids is 2. The second kappa shape index (κ2) is 9.70. The molecule has 6 nitrogen and oxygen atoms in total. The molecule has 1 aromatic rings. The first kappa shape index (κ1) is 18.0. The Morgan fingerprint density at radius 1 is 1.21 bits per heavy atom. The van der Waals surface area contributed by atoms with Gasteiger partial charge in [0.25, 0.3) is 5.91 Å². The minimum absolute atomic E-state index is 0.164. The van der Waals surface area contributed by atoms with Gasteiger partial charge in [-0.1, -0.05) is 48.3 Å². The minimum Gasteiger partial charge on any atom is -0.469 e. The molecule has 1 atom stereocenters. The molecule has 1 aromatic carbocycles. The number of esters is 1. The molecule has 24 heavy (non-hydrogen) atoms. The lowest BCUT2D eigenvalue weighted by Crippen LogP contribution is -2.31. The number of carbonyl (C=O) groups is 2. The molecule has 0 saturated heterocycles. The van der Waals surface area contributed by atoms with Crippen molar-refractivity contribution >= 4 is 17.6 Å². The molecule has 130 valence electrons. The van der Waals surface area contributed by atoms with E-state index in [0.717, 1.165) is 31.2 Å². The van der Waals surface area contributed by atoms with Crippen LogP contribution in [0.25, 0.3) is 0 Å². The van der Waals surface area contributed by atoms with E-state index >= 15 is 0 Å². The number of hydrogen-bond acceptors (Lipinski definition) is 5. The minimum atomic E-state index is -0.176. The summed E-state index contributed by atoms with van der Waals surface area (Å²) in [4.78, 5) is 28.4. The van der Waals surface area contributed by atoms with Gasteiger partial charge >= 0.3 is 5.97 Å². The number of oxime groups is 1. The summed E-state index contributed by atoms with van der Waals surface area (Å²) in [5.41, 5.74) is 1.46. The number of nitrogens with one attached hydrogen (secondary N) is 1. The van der Waals surface area contributed by atoms with E-state index in [4.69, 9.17) is 4.84 Å². The zero-order valence-corrected chi connectivity index (χ0v) is 14.0. The van der Waals surface area contributed by atoms with E-state index in [0.29, 0.717) is 25.1 Å². The van der Waals surface area contributed by atoms with Crippen molar-refractivity contribution in [2.24, 2.45) is 5.16 Å². The van der Waals surface area contributed by atoms with E-state index in [-0.39, 0.29) is 18.0 Å². The van der Waals surface area contributed by atoms with Crippen LogP contribution in [0.2, 0.25) is 0 Å². The van der Waals surface area contributed by atoms with Crippen molar-refractivity contribution in [3.63, 3.8) is 0 Å². The van der Waals surface area contributed by atoms with Crippen LogP contribution in [0.1, 0.15) is 50.2 Å². The summed E-state index contributed by atoms with van der Waals surface area (Å²) in [6.07, 6.45) is 4.39. The van der Waals surface area contributed by atoms with Crippen molar-refractivity contribution in [3.8, 4) is 0 Å². The Balaban J connectivity index is 1.58. The number of hydrogen-bond donors (Lipinski definition) is 1. The zero-order valence-electron chi connectivity index (χ0n) is 14.0. The van der Waals surface area contributed by atoms with Crippen LogP contribution < -0.4 is 5.32 Å². The summed E-state index contributed by atoms with van der Waals surface area (Å²) in [6, 6.07) is 9.76. The lowest BCUT2D eigenvalue weighted by atomic mass is 10.0. The highest BCUT2D eigenvalue weighted by atomic mass is 16.6. The number of amides is 1. The molecule has 1 heterocycles. The summed E-state index contributed by atoms with van der Waals surface area (Å²) in [5, 5.41) is 6.77. The largest absolute Gasteiger partial charge is 0.469 e. The maximum Gasteiger partial charge on any atom is 0.305 e. The normalized spacial score (nSPS) is 16.2. The molecule has 2 rings (SSSR count). The highest BCUT2D eigenvalue weighted by Gasteiger charge is 2.26. The average Bonchev–Trinajstić information content (AvgIpc) is 3.11. The lowest BCUT2D eigenvalue weighted by Gasteiger charge is -2.07. The molecular weight excluding hydrogens is 308 g/mol. The average molecular weight is 332 g/mol. The standard InChI is InChI=1S/C18H24N2O4/c1-23-17(21)11-7-2-3-8-12-19-18(22)15-13-16(24-20-15)14-9-5-4-6-10-14/h4-6,9-10,16H,2-3,7-8,11-13H2,1H3,(H,19,22)/t16-/m0/s1. The van der Waals surface area contributed by atoms with E-state index < -0.39 is 0 Å². The smallest absolute Gasteiger partial charge is 0.305 e. The highest BCUT2D eigenvalue weighted by Crippen LogP contribution is 2.26. The summed E-state index contributed by atoms with van der Waals surface area (Å²) in [7, 11) is 1.40. The number of benzene rings is 1. The second-order valence-electron chi connectivity index (χ2n) is 5.74. The first-order chi connectivity index (χ1) is 11.7. The Morgan fingerprint density at radius 3 is 2.71 bits per heavy atom. The monoisotopic (exact) mass is 332 g/mol. The van der Waals surface area contributed by atoms with Gasteiger partial charge in [-0.2, -0.15) is 0 Å². The molecule has 0 bridgehead atoms. The number of methoxy groups -OCH3 is 1. The fourth-order valence-corrected chi connectivity index (χ4v) is 2.51. The first-order valence-corrected chi connectivity index (χ1v) is 8.33. The molecule has 0 fully saturated rings. The Morgan fingerprint density at radius 2 is 1.96 bits per heavy atom. The number of rotatable bonds is 9. The third-order valence-corrected chi connectivity index (χ3v) is 3.92. The van der Waals surface area contributed by atoms with E-state index in [2.05, 4.69) is 15.2 Å². The second-order valence-corrected chi connectivity index (χ2v) is 5.74. The van der Waals surface area contributed by atoms with Crippen LogP contribution in [0.4, 0.5) is 0 Å². The topological polar surface area (TPSA) is 77.0 Å². The van der Waals surface area contributed by atoms with Crippen LogP contribution in [0.15, 0.2) is 35.5 Å². The zero-order chi connectivity index (χ0) is 17.2. The maximum absolute atomic E-state index is 12.1. The fraction of sp³-hybridized carbons (Fsp3) is 0.500. The van der Waals surface area contributed by atoms with Gasteiger partial charge in [-0.05, 0) is 18.4 Å². The van der Waals surface area contributed by atoms with Crippen LogP contribution >= 0.6 is 0 Å². The van der Waals surface area contributed by atoms with Crippen molar-refractivity contribution in [2.45, 2.75) is 44.6 Å². The van der Waals surface area contributed by atoms with Gasteiger partial charge < -0.3 is 14.9 Å².